The van der Waals surface area contributed by atoms with E-state index < -0.39 is 0 Å². The van der Waals surface area contributed by atoms with Gasteiger partial charge in [0.25, 0.3) is 0 Å². The summed E-state index contributed by atoms with van der Waals surface area (Å²) in [5.74, 6) is 1.88. The maximum absolute atomic E-state index is 6.48. The van der Waals surface area contributed by atoms with Crippen molar-refractivity contribution in [1.29, 1.82) is 0 Å². The number of benzene rings is 4. The van der Waals surface area contributed by atoms with Gasteiger partial charge in [0, 0.05) is 16.6 Å². The van der Waals surface area contributed by atoms with Crippen molar-refractivity contribution in [2.75, 3.05) is 5.32 Å². The third-order valence-electron chi connectivity index (χ3n) is 4.85. The minimum Gasteiger partial charge on any atom is -0.452 e. The maximum Gasteiger partial charge on any atom is 0.164 e. The van der Waals surface area contributed by atoms with E-state index >= 15 is 0 Å². The third-order valence-corrected chi connectivity index (χ3v) is 5.93. The van der Waals surface area contributed by atoms with Gasteiger partial charge in [0.2, 0.25) is 0 Å². The first-order valence-electron chi connectivity index (χ1n) is 8.29. The Morgan fingerprint density at radius 1 is 0.640 bits per heavy atom. The number of hydrogen-bond donors (Lipinski definition) is 1. The van der Waals surface area contributed by atoms with E-state index in [1.54, 1.807) is 11.8 Å². The van der Waals surface area contributed by atoms with Crippen molar-refractivity contribution in [1.82, 2.24) is 0 Å². The Bertz CT molecular complexity index is 1180. The normalized spacial score (nSPS) is 13.3. The molecule has 118 valence electrons. The molecule has 2 heterocycles. The predicted molar refractivity (Wildman–Crippen MR) is 103 cm³/mol. The van der Waals surface area contributed by atoms with Crippen molar-refractivity contribution in [3.63, 3.8) is 0 Å². The van der Waals surface area contributed by atoms with Crippen LogP contribution < -0.4 is 10.1 Å². The molecule has 0 atom stereocenters. The molecule has 6 rings (SSSR count). The molecule has 2 aliphatic heterocycles. The van der Waals surface area contributed by atoms with Gasteiger partial charge in [-0.2, -0.15) is 0 Å². The van der Waals surface area contributed by atoms with Gasteiger partial charge in [-0.3, -0.25) is 0 Å². The molecule has 0 unspecified atom stereocenters. The zero-order chi connectivity index (χ0) is 16.4. The number of para-hydroxylation sites is 2. The van der Waals surface area contributed by atoms with Crippen LogP contribution in [0.5, 0.6) is 11.5 Å². The highest BCUT2D eigenvalue weighted by Crippen LogP contribution is 2.55. The second-order valence-electron chi connectivity index (χ2n) is 6.30. The Balaban J connectivity index is 1.84. The van der Waals surface area contributed by atoms with Crippen LogP contribution in [0.4, 0.5) is 11.4 Å². The van der Waals surface area contributed by atoms with Crippen LogP contribution in [0.2, 0.25) is 0 Å². The van der Waals surface area contributed by atoms with Gasteiger partial charge in [-0.05, 0) is 35.2 Å². The van der Waals surface area contributed by atoms with Crippen LogP contribution in [0.1, 0.15) is 0 Å². The van der Waals surface area contributed by atoms with Gasteiger partial charge < -0.3 is 10.1 Å². The number of fused-ring (bicyclic) bond motifs is 2. The standard InChI is InChI=1S/C22H13NOS/c1-2-8-16-14(6-1)15-7-3-5-13-11-12-19-22(20(13)15)24-21-17(23-16)9-4-10-18(21)25-19/h1-12,23H. The van der Waals surface area contributed by atoms with Gasteiger partial charge in [-0.1, -0.05) is 60.3 Å². The molecule has 2 aliphatic rings. The highest BCUT2D eigenvalue weighted by molar-refractivity contribution is 7.99. The molecule has 0 aromatic heterocycles. The summed E-state index contributed by atoms with van der Waals surface area (Å²) in [5, 5.41) is 5.98. The SMILES string of the molecule is c1ccc2c(c1)Nc1cccc3c1Oc1c(ccc4cccc-2c14)S3. The average Bonchev–Trinajstić information content (AvgIpc) is 2.72. The average molecular weight is 339 g/mol. The van der Waals surface area contributed by atoms with Gasteiger partial charge in [0.15, 0.2) is 5.75 Å². The summed E-state index contributed by atoms with van der Waals surface area (Å²) in [6, 6.07) is 25.6. The fourth-order valence-corrected chi connectivity index (χ4v) is 4.73. The van der Waals surface area contributed by atoms with Crippen molar-refractivity contribution in [3.8, 4) is 22.6 Å². The number of ether oxygens (including phenoxy) is 1. The van der Waals surface area contributed by atoms with Gasteiger partial charge in [0.05, 0.1) is 15.5 Å². The highest BCUT2D eigenvalue weighted by Gasteiger charge is 2.26. The first-order valence-corrected chi connectivity index (χ1v) is 9.11. The molecule has 0 aliphatic carbocycles. The second-order valence-corrected chi connectivity index (χ2v) is 7.39. The van der Waals surface area contributed by atoms with Gasteiger partial charge in [-0.25, -0.2) is 0 Å². The Hall–Kier alpha value is -2.91. The van der Waals surface area contributed by atoms with Crippen LogP contribution >= 0.6 is 11.8 Å². The molecule has 1 N–H and O–H groups in total. The predicted octanol–water partition coefficient (Wildman–Crippen LogP) is 6.82. The zero-order valence-corrected chi connectivity index (χ0v) is 14.1. The molecular formula is C22H13NOS. The van der Waals surface area contributed by atoms with Gasteiger partial charge in [-0.15, -0.1) is 0 Å². The molecule has 3 heteroatoms. The Labute approximate surface area is 149 Å². The van der Waals surface area contributed by atoms with Crippen molar-refractivity contribution in [2.45, 2.75) is 9.79 Å². The smallest absolute Gasteiger partial charge is 0.164 e. The van der Waals surface area contributed by atoms with Crippen LogP contribution in [0.25, 0.3) is 21.9 Å². The molecule has 0 spiro atoms. The highest BCUT2D eigenvalue weighted by atomic mass is 32.2. The van der Waals surface area contributed by atoms with E-state index in [9.17, 15) is 0 Å². The van der Waals surface area contributed by atoms with Gasteiger partial charge in [0.1, 0.15) is 5.75 Å². The largest absolute Gasteiger partial charge is 0.452 e. The lowest BCUT2D eigenvalue weighted by Gasteiger charge is -2.23. The topological polar surface area (TPSA) is 21.3 Å². The minimum absolute atomic E-state index is 0.916. The molecule has 2 nitrogen and oxygen atoms in total. The van der Waals surface area contributed by atoms with Gasteiger partial charge >= 0.3 is 0 Å². The summed E-state index contributed by atoms with van der Waals surface area (Å²) in [6.07, 6.45) is 0. The molecule has 0 saturated carbocycles. The Morgan fingerprint density at radius 2 is 1.44 bits per heavy atom. The number of nitrogens with one attached hydrogen (secondary N) is 1. The fraction of sp³-hybridized carbons (Fsp3) is 0. The summed E-state index contributed by atoms with van der Waals surface area (Å²) in [4.78, 5) is 2.32. The first-order chi connectivity index (χ1) is 12.4. The lowest BCUT2D eigenvalue weighted by Crippen LogP contribution is -1.99. The van der Waals surface area contributed by atoms with Crippen LogP contribution in [0.15, 0.2) is 82.6 Å². The summed E-state index contributed by atoms with van der Waals surface area (Å²) < 4.78 is 6.48. The molecule has 0 amide bonds. The molecule has 0 radical (unpaired) electrons. The molecule has 4 aromatic carbocycles. The van der Waals surface area contributed by atoms with E-state index in [1.165, 1.54) is 26.8 Å². The first kappa shape index (κ1) is 13.4. The van der Waals surface area contributed by atoms with E-state index in [0.717, 1.165) is 27.8 Å². The van der Waals surface area contributed by atoms with E-state index in [0.29, 0.717) is 0 Å². The molecule has 0 saturated heterocycles. The van der Waals surface area contributed by atoms with E-state index in [4.69, 9.17) is 4.74 Å². The summed E-state index contributed by atoms with van der Waals surface area (Å²) in [6.45, 7) is 0. The lowest BCUT2D eigenvalue weighted by molar-refractivity contribution is 0.463. The van der Waals surface area contributed by atoms with E-state index in [2.05, 4.69) is 78.1 Å². The van der Waals surface area contributed by atoms with Crippen LogP contribution in [0, 0.1) is 0 Å². The van der Waals surface area contributed by atoms with Crippen molar-refractivity contribution >= 4 is 33.9 Å². The molecular weight excluding hydrogens is 326 g/mol. The molecule has 4 aromatic rings. The zero-order valence-electron chi connectivity index (χ0n) is 13.2. The molecule has 2 bridgehead atoms. The number of hydrogen-bond acceptors (Lipinski definition) is 3. The quantitative estimate of drug-likeness (QED) is 0.328. The maximum atomic E-state index is 6.48. The second kappa shape index (κ2) is 4.80. The number of anilines is 2. The van der Waals surface area contributed by atoms with Crippen LogP contribution in [0.3, 0.4) is 0 Å². The van der Waals surface area contributed by atoms with Crippen molar-refractivity contribution < 1.29 is 4.74 Å². The minimum atomic E-state index is 0.916. The fourth-order valence-electron chi connectivity index (χ4n) is 3.73. The monoisotopic (exact) mass is 339 g/mol. The van der Waals surface area contributed by atoms with Crippen LogP contribution in [-0.2, 0) is 0 Å². The molecule has 25 heavy (non-hydrogen) atoms. The summed E-state index contributed by atoms with van der Waals surface area (Å²) in [5.41, 5.74) is 4.50. The van der Waals surface area contributed by atoms with Crippen LogP contribution in [-0.4, -0.2) is 0 Å². The molecule has 0 fully saturated rings. The van der Waals surface area contributed by atoms with Crippen molar-refractivity contribution in [3.05, 3.63) is 72.8 Å². The Morgan fingerprint density at radius 3 is 2.44 bits per heavy atom. The Kier molecular flexibility index (Phi) is 2.57. The summed E-state index contributed by atoms with van der Waals surface area (Å²) in [7, 11) is 0. The van der Waals surface area contributed by atoms with E-state index in [1.807, 2.05) is 0 Å². The number of rotatable bonds is 0. The lowest BCUT2D eigenvalue weighted by atomic mass is 9.96. The third kappa shape index (κ3) is 1.81. The summed E-state index contributed by atoms with van der Waals surface area (Å²) >= 11 is 1.78. The van der Waals surface area contributed by atoms with Crippen molar-refractivity contribution in [2.24, 2.45) is 0 Å². The van der Waals surface area contributed by atoms with E-state index in [-0.39, 0.29) is 0 Å².